The molecule has 0 spiro atoms. The predicted octanol–water partition coefficient (Wildman–Crippen LogP) is 1.15. The van der Waals surface area contributed by atoms with Crippen molar-refractivity contribution in [3.05, 3.63) is 35.4 Å². The van der Waals surface area contributed by atoms with E-state index in [1.807, 2.05) is 0 Å². The summed E-state index contributed by atoms with van der Waals surface area (Å²) in [5.74, 6) is -2.42. The normalized spacial score (nSPS) is 12.2. The van der Waals surface area contributed by atoms with E-state index in [-0.39, 0.29) is 25.3 Å². The lowest BCUT2D eigenvalue weighted by Gasteiger charge is -2.12. The molecule has 0 saturated heterocycles. The molecule has 6 heteroatoms. The van der Waals surface area contributed by atoms with Crippen molar-refractivity contribution in [2.45, 2.75) is 13.0 Å². The molecule has 100 valence electrons. The van der Waals surface area contributed by atoms with Gasteiger partial charge in [-0.2, -0.15) is 0 Å². The van der Waals surface area contributed by atoms with Crippen LogP contribution >= 0.6 is 0 Å². The Bertz CT molecular complexity index is 412. The van der Waals surface area contributed by atoms with E-state index in [1.165, 1.54) is 6.07 Å². The number of rotatable bonds is 6. The van der Waals surface area contributed by atoms with Crippen LogP contribution in [0.4, 0.5) is 8.78 Å². The number of benzene rings is 1. The van der Waals surface area contributed by atoms with Crippen LogP contribution in [0.3, 0.4) is 0 Å². The van der Waals surface area contributed by atoms with Crippen LogP contribution in [0.5, 0.6) is 0 Å². The SMILES string of the molecule is CCOC(=O)CNCC(O)c1ccc(F)c(F)c1. The minimum absolute atomic E-state index is 0.0455. The van der Waals surface area contributed by atoms with Gasteiger partial charge in [0.2, 0.25) is 0 Å². The zero-order chi connectivity index (χ0) is 13.5. The molecule has 0 aliphatic heterocycles. The van der Waals surface area contributed by atoms with E-state index in [4.69, 9.17) is 0 Å². The highest BCUT2D eigenvalue weighted by molar-refractivity contribution is 5.71. The third-order valence-corrected chi connectivity index (χ3v) is 2.24. The summed E-state index contributed by atoms with van der Waals surface area (Å²) in [6.45, 7) is 1.97. The van der Waals surface area contributed by atoms with Crippen LogP contribution in [0.25, 0.3) is 0 Å². The summed E-state index contributed by atoms with van der Waals surface area (Å²) in [4.78, 5) is 11.0. The molecule has 0 radical (unpaired) electrons. The summed E-state index contributed by atoms with van der Waals surface area (Å²) in [7, 11) is 0. The Morgan fingerprint density at radius 2 is 2.17 bits per heavy atom. The van der Waals surface area contributed by atoms with Crippen molar-refractivity contribution in [2.75, 3.05) is 19.7 Å². The van der Waals surface area contributed by atoms with Crippen molar-refractivity contribution >= 4 is 5.97 Å². The monoisotopic (exact) mass is 259 g/mol. The molecule has 1 aromatic rings. The molecule has 0 bridgehead atoms. The highest BCUT2D eigenvalue weighted by atomic mass is 19.2. The number of nitrogens with one attached hydrogen (secondary N) is 1. The molecule has 18 heavy (non-hydrogen) atoms. The molecule has 0 aromatic heterocycles. The highest BCUT2D eigenvalue weighted by Gasteiger charge is 2.11. The van der Waals surface area contributed by atoms with Gasteiger partial charge in [-0.3, -0.25) is 4.79 Å². The van der Waals surface area contributed by atoms with E-state index in [9.17, 15) is 18.7 Å². The lowest BCUT2D eigenvalue weighted by Crippen LogP contribution is -2.28. The van der Waals surface area contributed by atoms with Crippen molar-refractivity contribution in [1.29, 1.82) is 0 Å². The van der Waals surface area contributed by atoms with Gasteiger partial charge < -0.3 is 15.2 Å². The van der Waals surface area contributed by atoms with Crippen molar-refractivity contribution in [1.82, 2.24) is 5.32 Å². The maximum absolute atomic E-state index is 12.9. The summed E-state index contributed by atoms with van der Waals surface area (Å²) in [5, 5.41) is 12.3. The molecule has 0 heterocycles. The molecule has 0 amide bonds. The maximum atomic E-state index is 12.9. The summed E-state index contributed by atoms with van der Waals surface area (Å²) in [6.07, 6.45) is -1.02. The zero-order valence-electron chi connectivity index (χ0n) is 9.95. The average molecular weight is 259 g/mol. The third-order valence-electron chi connectivity index (χ3n) is 2.24. The number of aliphatic hydroxyl groups is 1. The van der Waals surface area contributed by atoms with E-state index < -0.39 is 23.7 Å². The van der Waals surface area contributed by atoms with Gasteiger partial charge in [-0.15, -0.1) is 0 Å². The maximum Gasteiger partial charge on any atom is 0.319 e. The van der Waals surface area contributed by atoms with E-state index in [0.29, 0.717) is 0 Å². The second-order valence-electron chi connectivity index (χ2n) is 3.63. The second-order valence-corrected chi connectivity index (χ2v) is 3.63. The summed E-state index contributed by atoms with van der Waals surface area (Å²) in [6, 6.07) is 3.15. The third kappa shape index (κ3) is 4.38. The zero-order valence-corrected chi connectivity index (χ0v) is 9.95. The molecular weight excluding hydrogens is 244 g/mol. The summed E-state index contributed by atoms with van der Waals surface area (Å²) < 4.78 is 30.3. The average Bonchev–Trinajstić information content (AvgIpc) is 2.33. The number of halogens is 2. The first-order valence-electron chi connectivity index (χ1n) is 5.54. The first-order valence-corrected chi connectivity index (χ1v) is 5.54. The number of aliphatic hydroxyl groups excluding tert-OH is 1. The van der Waals surface area contributed by atoms with E-state index in [0.717, 1.165) is 12.1 Å². The smallest absolute Gasteiger partial charge is 0.319 e. The molecule has 2 N–H and O–H groups in total. The van der Waals surface area contributed by atoms with Crippen molar-refractivity contribution in [3.63, 3.8) is 0 Å². The van der Waals surface area contributed by atoms with Crippen LogP contribution in [-0.2, 0) is 9.53 Å². The Kier molecular flexibility index (Phi) is 5.67. The van der Waals surface area contributed by atoms with Crippen LogP contribution in [0.2, 0.25) is 0 Å². The largest absolute Gasteiger partial charge is 0.465 e. The Balaban J connectivity index is 2.43. The molecule has 1 atom stereocenters. The van der Waals surface area contributed by atoms with Gasteiger partial charge in [0.25, 0.3) is 0 Å². The number of hydrogen-bond donors (Lipinski definition) is 2. The van der Waals surface area contributed by atoms with Crippen LogP contribution in [0, 0.1) is 11.6 Å². The Hall–Kier alpha value is -1.53. The van der Waals surface area contributed by atoms with Gasteiger partial charge in [-0.1, -0.05) is 6.07 Å². The lowest BCUT2D eigenvalue weighted by atomic mass is 10.1. The van der Waals surface area contributed by atoms with Gasteiger partial charge in [0.15, 0.2) is 11.6 Å². The van der Waals surface area contributed by atoms with Crippen LogP contribution in [0.15, 0.2) is 18.2 Å². The standard InChI is InChI=1S/C12H15F2NO3/c1-2-18-12(17)7-15-6-11(16)8-3-4-9(13)10(14)5-8/h3-5,11,15-16H,2,6-7H2,1H3. The fourth-order valence-corrected chi connectivity index (χ4v) is 1.36. The minimum Gasteiger partial charge on any atom is -0.465 e. The van der Waals surface area contributed by atoms with E-state index in [2.05, 4.69) is 10.1 Å². The molecular formula is C12H15F2NO3. The molecule has 0 saturated carbocycles. The van der Waals surface area contributed by atoms with Crippen molar-refractivity contribution < 1.29 is 23.4 Å². The number of carbonyl (C=O) groups excluding carboxylic acids is 1. The van der Waals surface area contributed by atoms with Crippen molar-refractivity contribution in [3.8, 4) is 0 Å². The van der Waals surface area contributed by atoms with Gasteiger partial charge in [-0.25, -0.2) is 8.78 Å². The van der Waals surface area contributed by atoms with E-state index in [1.54, 1.807) is 6.92 Å². The molecule has 0 aliphatic carbocycles. The van der Waals surface area contributed by atoms with Gasteiger partial charge in [0.1, 0.15) is 0 Å². The number of hydrogen-bond acceptors (Lipinski definition) is 4. The van der Waals surface area contributed by atoms with Gasteiger partial charge in [-0.05, 0) is 24.6 Å². The number of esters is 1. The molecule has 1 aromatic carbocycles. The van der Waals surface area contributed by atoms with Crippen molar-refractivity contribution in [2.24, 2.45) is 0 Å². The highest BCUT2D eigenvalue weighted by Crippen LogP contribution is 2.15. The lowest BCUT2D eigenvalue weighted by molar-refractivity contribution is -0.142. The predicted molar refractivity (Wildman–Crippen MR) is 60.8 cm³/mol. The van der Waals surface area contributed by atoms with E-state index >= 15 is 0 Å². The molecule has 1 unspecified atom stereocenters. The Morgan fingerprint density at radius 3 is 2.78 bits per heavy atom. The van der Waals surface area contributed by atoms with Gasteiger partial charge in [0.05, 0.1) is 19.3 Å². The second kappa shape index (κ2) is 7.03. The quantitative estimate of drug-likeness (QED) is 0.752. The van der Waals surface area contributed by atoms with Gasteiger partial charge >= 0.3 is 5.97 Å². The fourth-order valence-electron chi connectivity index (χ4n) is 1.36. The first-order chi connectivity index (χ1) is 8.54. The molecule has 0 fully saturated rings. The number of ether oxygens (including phenoxy) is 1. The molecule has 1 rings (SSSR count). The first kappa shape index (κ1) is 14.5. The Morgan fingerprint density at radius 1 is 1.44 bits per heavy atom. The minimum atomic E-state index is -1.02. The van der Waals surface area contributed by atoms with Gasteiger partial charge in [0, 0.05) is 6.54 Å². The topological polar surface area (TPSA) is 58.6 Å². The summed E-state index contributed by atoms with van der Waals surface area (Å²) in [5.41, 5.74) is 0.241. The molecule has 4 nitrogen and oxygen atoms in total. The molecule has 0 aliphatic rings. The van der Waals surface area contributed by atoms with Crippen LogP contribution in [-0.4, -0.2) is 30.8 Å². The number of carbonyl (C=O) groups is 1. The Labute approximate surface area is 104 Å². The summed E-state index contributed by atoms with van der Waals surface area (Å²) >= 11 is 0. The van der Waals surface area contributed by atoms with Crippen LogP contribution in [0.1, 0.15) is 18.6 Å². The van der Waals surface area contributed by atoms with Crippen LogP contribution < -0.4 is 5.32 Å². The fraction of sp³-hybridized carbons (Fsp3) is 0.417.